The third-order valence-corrected chi connectivity index (χ3v) is 7.40. The number of piperidine rings is 1. The topological polar surface area (TPSA) is 92.3 Å². The number of benzene rings is 1. The van der Waals surface area contributed by atoms with Crippen LogP contribution in [0.4, 0.5) is 5.13 Å². The second kappa shape index (κ2) is 9.11. The van der Waals surface area contributed by atoms with Gasteiger partial charge in [0.1, 0.15) is 5.01 Å². The van der Waals surface area contributed by atoms with Gasteiger partial charge >= 0.3 is 0 Å². The first-order valence-electron chi connectivity index (χ1n) is 9.48. The minimum atomic E-state index is -3.37. The number of nitrogens with zero attached hydrogens (tertiary/aromatic N) is 3. The van der Waals surface area contributed by atoms with Crippen LogP contribution in [0.25, 0.3) is 0 Å². The van der Waals surface area contributed by atoms with E-state index in [4.69, 9.17) is 0 Å². The van der Waals surface area contributed by atoms with Crippen LogP contribution < -0.4 is 5.32 Å². The molecule has 1 aliphatic rings. The maximum absolute atomic E-state index is 12.6. The second-order valence-corrected chi connectivity index (χ2v) is 10.5. The summed E-state index contributed by atoms with van der Waals surface area (Å²) in [5, 5.41) is 12.4. The van der Waals surface area contributed by atoms with Crippen molar-refractivity contribution in [3.63, 3.8) is 0 Å². The molecule has 152 valence electrons. The largest absolute Gasteiger partial charge is 0.300 e. The summed E-state index contributed by atoms with van der Waals surface area (Å²) in [6, 6.07) is 9.16. The van der Waals surface area contributed by atoms with Crippen molar-refractivity contribution in [3.8, 4) is 0 Å². The monoisotopic (exact) mass is 422 g/mol. The third-order valence-electron chi connectivity index (χ3n) is 4.69. The minimum absolute atomic E-state index is 0.00584. The number of hydrogen-bond acceptors (Lipinski definition) is 6. The van der Waals surface area contributed by atoms with E-state index in [0.717, 1.165) is 17.0 Å². The van der Waals surface area contributed by atoms with Crippen LogP contribution in [0.5, 0.6) is 0 Å². The Hall–Kier alpha value is -1.84. The predicted molar refractivity (Wildman–Crippen MR) is 110 cm³/mol. The van der Waals surface area contributed by atoms with Crippen LogP contribution in [-0.4, -0.2) is 41.9 Å². The fourth-order valence-electron chi connectivity index (χ4n) is 3.22. The summed E-state index contributed by atoms with van der Waals surface area (Å²) in [4.78, 5) is 12.5. The van der Waals surface area contributed by atoms with Crippen LogP contribution >= 0.6 is 11.3 Å². The summed E-state index contributed by atoms with van der Waals surface area (Å²) in [5.41, 5.74) is 0.774. The van der Waals surface area contributed by atoms with E-state index in [-0.39, 0.29) is 17.6 Å². The molecule has 7 nitrogen and oxygen atoms in total. The van der Waals surface area contributed by atoms with Crippen LogP contribution in [0.2, 0.25) is 0 Å². The van der Waals surface area contributed by atoms with Crippen molar-refractivity contribution in [3.05, 3.63) is 40.9 Å². The molecule has 1 aromatic carbocycles. The molecule has 28 heavy (non-hydrogen) atoms. The molecule has 0 aliphatic carbocycles. The lowest BCUT2D eigenvalue weighted by Gasteiger charge is -2.30. The van der Waals surface area contributed by atoms with Crippen molar-refractivity contribution in [2.45, 2.75) is 38.9 Å². The zero-order valence-corrected chi connectivity index (χ0v) is 17.8. The number of hydrogen-bond donors (Lipinski definition) is 1. The van der Waals surface area contributed by atoms with Crippen molar-refractivity contribution in [2.75, 3.05) is 18.4 Å². The molecule has 1 aliphatic heterocycles. The van der Waals surface area contributed by atoms with E-state index < -0.39 is 10.0 Å². The van der Waals surface area contributed by atoms with E-state index in [1.54, 1.807) is 0 Å². The first-order valence-corrected chi connectivity index (χ1v) is 11.9. The Balaban J connectivity index is 1.51. The summed E-state index contributed by atoms with van der Waals surface area (Å²) in [6.07, 6.45) is 1.86. The Bertz CT molecular complexity index is 889. The number of carbonyl (C=O) groups excluding carboxylic acids is 1. The highest BCUT2D eigenvalue weighted by atomic mass is 32.2. The summed E-state index contributed by atoms with van der Waals surface area (Å²) < 4.78 is 26.7. The van der Waals surface area contributed by atoms with Crippen molar-refractivity contribution in [2.24, 2.45) is 11.8 Å². The average Bonchev–Trinajstić information content (AvgIpc) is 3.08. The maximum atomic E-state index is 12.6. The van der Waals surface area contributed by atoms with Crippen LogP contribution in [0.1, 0.15) is 37.3 Å². The van der Waals surface area contributed by atoms with Crippen LogP contribution in [0, 0.1) is 11.8 Å². The van der Waals surface area contributed by atoms with Gasteiger partial charge in [0.2, 0.25) is 21.1 Å². The fourth-order valence-corrected chi connectivity index (χ4v) is 5.73. The summed E-state index contributed by atoms with van der Waals surface area (Å²) in [7, 11) is -3.37. The Morgan fingerprint density at radius 2 is 1.89 bits per heavy atom. The smallest absolute Gasteiger partial charge is 0.229 e. The second-order valence-electron chi connectivity index (χ2n) is 7.50. The third kappa shape index (κ3) is 5.59. The molecule has 2 heterocycles. The highest BCUT2D eigenvalue weighted by Crippen LogP contribution is 2.24. The zero-order chi connectivity index (χ0) is 20.1. The van der Waals surface area contributed by atoms with Crippen LogP contribution in [0.3, 0.4) is 0 Å². The molecule has 0 bridgehead atoms. The van der Waals surface area contributed by atoms with Gasteiger partial charge in [-0.05, 0) is 24.3 Å². The van der Waals surface area contributed by atoms with Crippen LogP contribution in [-0.2, 0) is 27.0 Å². The number of carbonyl (C=O) groups is 1. The Morgan fingerprint density at radius 3 is 2.54 bits per heavy atom. The molecular formula is C19H26N4O3S2. The molecule has 2 aromatic rings. The normalized spacial score (nSPS) is 16.4. The molecule has 1 aromatic heterocycles. The number of sulfonamides is 1. The number of nitrogens with one attached hydrogen (secondary N) is 1. The summed E-state index contributed by atoms with van der Waals surface area (Å²) in [6.45, 7) is 4.95. The Labute approximate surface area is 170 Å². The van der Waals surface area contributed by atoms with E-state index in [1.165, 1.54) is 15.6 Å². The van der Waals surface area contributed by atoms with Gasteiger partial charge in [-0.3, -0.25) is 4.79 Å². The van der Waals surface area contributed by atoms with E-state index in [1.807, 2.05) is 30.3 Å². The molecule has 0 spiro atoms. The number of amides is 1. The van der Waals surface area contributed by atoms with Gasteiger partial charge in [-0.1, -0.05) is 55.5 Å². The molecule has 0 saturated carbocycles. The molecule has 0 radical (unpaired) electrons. The highest BCUT2D eigenvalue weighted by Gasteiger charge is 2.31. The summed E-state index contributed by atoms with van der Waals surface area (Å²) in [5.74, 6) is 0.167. The maximum Gasteiger partial charge on any atom is 0.229 e. The Kier molecular flexibility index (Phi) is 6.79. The molecule has 1 fully saturated rings. The van der Waals surface area contributed by atoms with E-state index in [2.05, 4.69) is 29.4 Å². The van der Waals surface area contributed by atoms with E-state index in [9.17, 15) is 13.2 Å². The van der Waals surface area contributed by atoms with Gasteiger partial charge in [0.25, 0.3) is 0 Å². The lowest BCUT2D eigenvalue weighted by molar-refractivity contribution is -0.120. The zero-order valence-electron chi connectivity index (χ0n) is 16.2. The predicted octanol–water partition coefficient (Wildman–Crippen LogP) is 2.92. The molecule has 0 unspecified atom stereocenters. The fraction of sp³-hybridized carbons (Fsp3) is 0.526. The molecule has 3 rings (SSSR count). The van der Waals surface area contributed by atoms with Crippen molar-refractivity contribution >= 4 is 32.4 Å². The van der Waals surface area contributed by atoms with Crippen molar-refractivity contribution in [1.29, 1.82) is 0 Å². The van der Waals surface area contributed by atoms with Gasteiger partial charge in [0.15, 0.2) is 0 Å². The standard InChI is InChI=1S/C19H26N4O3S2/c1-14(2)12-17-21-22-19(27-17)20-18(24)16-8-10-23(11-9-16)28(25,26)13-15-6-4-3-5-7-15/h3-7,14,16H,8-13H2,1-2H3,(H,20,22,24). The lowest BCUT2D eigenvalue weighted by atomic mass is 9.97. The minimum Gasteiger partial charge on any atom is -0.300 e. The molecule has 0 atom stereocenters. The van der Waals surface area contributed by atoms with Crippen molar-refractivity contribution < 1.29 is 13.2 Å². The van der Waals surface area contributed by atoms with Gasteiger partial charge < -0.3 is 5.32 Å². The molecular weight excluding hydrogens is 396 g/mol. The van der Waals surface area contributed by atoms with Gasteiger partial charge in [-0.25, -0.2) is 12.7 Å². The number of rotatable bonds is 7. The Morgan fingerprint density at radius 1 is 1.21 bits per heavy atom. The quantitative estimate of drug-likeness (QED) is 0.741. The van der Waals surface area contributed by atoms with Gasteiger partial charge in [-0.15, -0.1) is 10.2 Å². The first-order chi connectivity index (χ1) is 13.3. The van der Waals surface area contributed by atoms with Gasteiger partial charge in [-0.2, -0.15) is 0 Å². The van der Waals surface area contributed by atoms with Crippen molar-refractivity contribution in [1.82, 2.24) is 14.5 Å². The number of aromatic nitrogens is 2. The number of anilines is 1. The van der Waals surface area contributed by atoms with E-state index >= 15 is 0 Å². The SMILES string of the molecule is CC(C)Cc1nnc(NC(=O)C2CCN(S(=O)(=O)Cc3ccccc3)CC2)s1. The van der Waals surface area contributed by atoms with Gasteiger partial charge in [0, 0.05) is 25.4 Å². The molecule has 1 saturated heterocycles. The molecule has 1 N–H and O–H groups in total. The highest BCUT2D eigenvalue weighted by molar-refractivity contribution is 7.88. The van der Waals surface area contributed by atoms with Crippen LogP contribution in [0.15, 0.2) is 30.3 Å². The van der Waals surface area contributed by atoms with E-state index in [0.29, 0.717) is 37.0 Å². The summed E-state index contributed by atoms with van der Waals surface area (Å²) >= 11 is 1.40. The average molecular weight is 423 g/mol. The first kappa shape index (κ1) is 20.9. The molecule has 1 amide bonds. The lowest BCUT2D eigenvalue weighted by Crippen LogP contribution is -2.41. The van der Waals surface area contributed by atoms with Gasteiger partial charge in [0.05, 0.1) is 5.75 Å². The molecule has 9 heteroatoms.